The largest absolute Gasteiger partial charge is 0.451 e. The van der Waals surface area contributed by atoms with Crippen LogP contribution in [0.15, 0.2) is 36.4 Å². The quantitative estimate of drug-likeness (QED) is 0.859. The number of rotatable bonds is 5. The molecule has 2 aromatic rings. The summed E-state index contributed by atoms with van der Waals surface area (Å²) in [5.41, 5.74) is 1.68. The maximum atomic E-state index is 14.1. The highest BCUT2D eigenvalue weighted by Gasteiger charge is 2.12. The molecule has 4 heteroatoms. The molecule has 0 aliphatic rings. The van der Waals surface area contributed by atoms with Crippen molar-refractivity contribution in [2.45, 2.75) is 26.8 Å². The van der Waals surface area contributed by atoms with E-state index in [-0.39, 0.29) is 17.5 Å². The van der Waals surface area contributed by atoms with Gasteiger partial charge < -0.3 is 10.1 Å². The summed E-state index contributed by atoms with van der Waals surface area (Å²) in [5, 5.41) is 3.21. The molecule has 1 N–H and O–H groups in total. The van der Waals surface area contributed by atoms with Crippen LogP contribution < -0.4 is 10.1 Å². The zero-order valence-electron chi connectivity index (χ0n) is 12.4. The normalized spacial score (nSPS) is 12.2. The van der Waals surface area contributed by atoms with Crippen LogP contribution in [-0.2, 0) is 0 Å². The molecule has 0 amide bonds. The van der Waals surface area contributed by atoms with Crippen molar-refractivity contribution in [1.82, 2.24) is 5.32 Å². The van der Waals surface area contributed by atoms with Gasteiger partial charge >= 0.3 is 0 Å². The minimum absolute atomic E-state index is 0.0203. The van der Waals surface area contributed by atoms with Gasteiger partial charge in [-0.3, -0.25) is 0 Å². The van der Waals surface area contributed by atoms with E-state index in [1.54, 1.807) is 18.2 Å². The molecule has 1 unspecified atom stereocenters. The molecule has 2 nitrogen and oxygen atoms in total. The number of hydrogen-bond donors (Lipinski definition) is 1. The van der Waals surface area contributed by atoms with Gasteiger partial charge in [0.2, 0.25) is 0 Å². The van der Waals surface area contributed by atoms with Gasteiger partial charge in [-0.15, -0.1) is 0 Å². The van der Waals surface area contributed by atoms with Crippen LogP contribution in [0, 0.1) is 18.6 Å². The van der Waals surface area contributed by atoms with Crippen LogP contribution in [0.1, 0.15) is 31.0 Å². The van der Waals surface area contributed by atoms with Gasteiger partial charge in [0, 0.05) is 6.04 Å². The van der Waals surface area contributed by atoms with Gasteiger partial charge in [0.1, 0.15) is 0 Å². The van der Waals surface area contributed by atoms with Crippen LogP contribution >= 0.6 is 0 Å². The molecule has 0 spiro atoms. The third-order valence-electron chi connectivity index (χ3n) is 3.27. The van der Waals surface area contributed by atoms with E-state index in [1.165, 1.54) is 18.2 Å². The first kappa shape index (κ1) is 15.4. The van der Waals surface area contributed by atoms with Crippen molar-refractivity contribution < 1.29 is 13.5 Å². The lowest BCUT2D eigenvalue weighted by molar-refractivity contribution is 0.413. The van der Waals surface area contributed by atoms with Gasteiger partial charge in [0.15, 0.2) is 23.1 Å². The summed E-state index contributed by atoms with van der Waals surface area (Å²) in [5.74, 6) is -0.961. The highest BCUT2D eigenvalue weighted by Crippen LogP contribution is 2.29. The van der Waals surface area contributed by atoms with Gasteiger partial charge in [-0.25, -0.2) is 8.78 Å². The molecule has 0 aliphatic carbocycles. The zero-order valence-corrected chi connectivity index (χ0v) is 12.4. The second kappa shape index (κ2) is 6.68. The number of benzene rings is 2. The molecule has 0 radical (unpaired) electrons. The SMILES string of the molecule is CCNC(C)c1ccc(Oc2cc(C)ccc2F)c(F)c1. The fraction of sp³-hybridized carbons (Fsp3) is 0.294. The van der Waals surface area contributed by atoms with Crippen molar-refractivity contribution in [2.75, 3.05) is 6.54 Å². The topological polar surface area (TPSA) is 21.3 Å². The van der Waals surface area contributed by atoms with Crippen molar-refractivity contribution in [1.29, 1.82) is 0 Å². The van der Waals surface area contributed by atoms with Crippen molar-refractivity contribution in [3.8, 4) is 11.5 Å². The molecule has 1 atom stereocenters. The number of aryl methyl sites for hydroxylation is 1. The third-order valence-corrected chi connectivity index (χ3v) is 3.27. The van der Waals surface area contributed by atoms with Gasteiger partial charge in [-0.2, -0.15) is 0 Å². The molecule has 0 saturated carbocycles. The minimum atomic E-state index is -0.509. The van der Waals surface area contributed by atoms with E-state index < -0.39 is 11.6 Å². The van der Waals surface area contributed by atoms with E-state index in [4.69, 9.17) is 4.74 Å². The first-order chi connectivity index (χ1) is 10.0. The molecule has 0 aromatic heterocycles. The van der Waals surface area contributed by atoms with Gasteiger partial charge in [0.25, 0.3) is 0 Å². The maximum absolute atomic E-state index is 14.1. The van der Waals surface area contributed by atoms with E-state index in [2.05, 4.69) is 5.32 Å². The summed E-state index contributed by atoms with van der Waals surface area (Å²) in [4.78, 5) is 0. The van der Waals surface area contributed by atoms with Crippen LogP contribution in [0.25, 0.3) is 0 Å². The first-order valence-electron chi connectivity index (χ1n) is 6.98. The predicted molar refractivity (Wildman–Crippen MR) is 79.7 cm³/mol. The Morgan fingerprint density at radius 3 is 2.48 bits per heavy atom. The third kappa shape index (κ3) is 3.79. The Kier molecular flexibility index (Phi) is 4.91. The lowest BCUT2D eigenvalue weighted by Gasteiger charge is -2.14. The zero-order chi connectivity index (χ0) is 15.4. The van der Waals surface area contributed by atoms with E-state index in [0.717, 1.165) is 17.7 Å². The average Bonchev–Trinajstić information content (AvgIpc) is 2.45. The number of halogens is 2. The lowest BCUT2D eigenvalue weighted by atomic mass is 10.1. The summed E-state index contributed by atoms with van der Waals surface area (Å²) < 4.78 is 33.1. The highest BCUT2D eigenvalue weighted by molar-refractivity contribution is 5.37. The summed E-state index contributed by atoms with van der Waals surface area (Å²) in [6.07, 6.45) is 0. The Balaban J connectivity index is 2.23. The molecule has 0 saturated heterocycles. The fourth-order valence-corrected chi connectivity index (χ4v) is 2.10. The van der Waals surface area contributed by atoms with Crippen LogP contribution in [0.5, 0.6) is 11.5 Å². The van der Waals surface area contributed by atoms with Crippen molar-refractivity contribution in [3.63, 3.8) is 0 Å². The van der Waals surface area contributed by atoms with Gasteiger partial charge in [0.05, 0.1) is 0 Å². The highest BCUT2D eigenvalue weighted by atomic mass is 19.1. The second-order valence-corrected chi connectivity index (χ2v) is 5.01. The molecule has 112 valence electrons. The summed E-state index contributed by atoms with van der Waals surface area (Å²) >= 11 is 0. The molecule has 0 heterocycles. The number of nitrogens with one attached hydrogen (secondary N) is 1. The summed E-state index contributed by atoms with van der Waals surface area (Å²) in [6.45, 7) is 6.57. The Bertz CT molecular complexity index is 628. The standard InChI is InChI=1S/C17H19F2NO/c1-4-20-12(3)13-6-8-16(15(19)10-13)21-17-9-11(2)5-7-14(17)18/h5-10,12,20H,4H2,1-3H3. The first-order valence-corrected chi connectivity index (χ1v) is 6.98. The number of hydrogen-bond acceptors (Lipinski definition) is 2. The summed E-state index contributed by atoms with van der Waals surface area (Å²) in [6, 6.07) is 9.26. The van der Waals surface area contributed by atoms with E-state index >= 15 is 0 Å². The monoisotopic (exact) mass is 291 g/mol. The molecular formula is C17H19F2NO. The van der Waals surface area contributed by atoms with Crippen LogP contribution in [0.4, 0.5) is 8.78 Å². The van der Waals surface area contributed by atoms with Crippen molar-refractivity contribution in [3.05, 3.63) is 59.2 Å². The molecular weight excluding hydrogens is 272 g/mol. The molecule has 2 rings (SSSR count). The average molecular weight is 291 g/mol. The van der Waals surface area contributed by atoms with Crippen LogP contribution in [0.3, 0.4) is 0 Å². The molecule has 0 fully saturated rings. The lowest BCUT2D eigenvalue weighted by Crippen LogP contribution is -2.17. The molecule has 2 aromatic carbocycles. The maximum Gasteiger partial charge on any atom is 0.166 e. The molecule has 21 heavy (non-hydrogen) atoms. The number of ether oxygens (including phenoxy) is 1. The Morgan fingerprint density at radius 2 is 1.81 bits per heavy atom. The fourth-order valence-electron chi connectivity index (χ4n) is 2.10. The second-order valence-electron chi connectivity index (χ2n) is 5.01. The molecule has 0 bridgehead atoms. The van der Waals surface area contributed by atoms with Gasteiger partial charge in [-0.1, -0.05) is 19.1 Å². The predicted octanol–water partition coefficient (Wildman–Crippen LogP) is 4.74. The Labute approximate surface area is 123 Å². The molecule has 0 aliphatic heterocycles. The van der Waals surface area contributed by atoms with Crippen LogP contribution in [-0.4, -0.2) is 6.54 Å². The van der Waals surface area contributed by atoms with E-state index in [9.17, 15) is 8.78 Å². The van der Waals surface area contributed by atoms with E-state index in [1.807, 2.05) is 20.8 Å². The van der Waals surface area contributed by atoms with Crippen LogP contribution in [0.2, 0.25) is 0 Å². The minimum Gasteiger partial charge on any atom is -0.451 e. The van der Waals surface area contributed by atoms with E-state index in [0.29, 0.717) is 0 Å². The Hall–Kier alpha value is -1.94. The Morgan fingerprint density at radius 1 is 1.05 bits per heavy atom. The summed E-state index contributed by atoms with van der Waals surface area (Å²) in [7, 11) is 0. The van der Waals surface area contributed by atoms with Crippen molar-refractivity contribution in [2.24, 2.45) is 0 Å². The van der Waals surface area contributed by atoms with Crippen molar-refractivity contribution >= 4 is 0 Å². The smallest absolute Gasteiger partial charge is 0.166 e. The van der Waals surface area contributed by atoms with Gasteiger partial charge in [-0.05, 0) is 55.8 Å².